The molecule has 1 atom stereocenters. The summed E-state index contributed by atoms with van der Waals surface area (Å²) in [4.78, 5) is 26.8. The topological polar surface area (TPSA) is 60.9 Å². The van der Waals surface area contributed by atoms with Gasteiger partial charge in [-0.2, -0.15) is 0 Å². The Balaban J connectivity index is 2.65. The Morgan fingerprint density at radius 1 is 1.42 bits per heavy atom. The van der Waals surface area contributed by atoms with E-state index in [-0.39, 0.29) is 18.0 Å². The van der Waals surface area contributed by atoms with Gasteiger partial charge in [-0.1, -0.05) is 20.8 Å². The molecule has 0 saturated carbocycles. The minimum absolute atomic E-state index is 0.0247. The lowest BCUT2D eigenvalue weighted by molar-refractivity contribution is -0.141. The van der Waals surface area contributed by atoms with Gasteiger partial charge in [0.05, 0.1) is 5.92 Å². The van der Waals surface area contributed by atoms with E-state index in [1.54, 1.807) is 11.8 Å². The highest BCUT2D eigenvalue weighted by Gasteiger charge is 2.31. The Morgan fingerprint density at radius 2 is 2.05 bits per heavy atom. The Kier molecular flexibility index (Phi) is 5.20. The number of nitrogens with zero attached hydrogens (tertiary/aromatic N) is 2. The van der Waals surface area contributed by atoms with E-state index in [0.29, 0.717) is 6.54 Å². The summed E-state index contributed by atoms with van der Waals surface area (Å²) in [6, 6.07) is -0.0247. The van der Waals surface area contributed by atoms with Crippen LogP contribution in [0.5, 0.6) is 0 Å². The molecule has 1 aliphatic heterocycles. The lowest BCUT2D eigenvalue weighted by atomic mass is 9.84. The predicted molar refractivity (Wildman–Crippen MR) is 74.0 cm³/mol. The largest absolute Gasteiger partial charge is 0.481 e. The van der Waals surface area contributed by atoms with Crippen LogP contribution in [0.25, 0.3) is 0 Å². The van der Waals surface area contributed by atoms with Crippen molar-refractivity contribution >= 4 is 12.0 Å². The van der Waals surface area contributed by atoms with Gasteiger partial charge in [-0.3, -0.25) is 4.79 Å². The monoisotopic (exact) mass is 270 g/mol. The van der Waals surface area contributed by atoms with E-state index in [2.05, 4.69) is 13.8 Å². The molecule has 1 aliphatic rings. The second kappa shape index (κ2) is 6.26. The highest BCUT2D eigenvalue weighted by molar-refractivity contribution is 5.76. The van der Waals surface area contributed by atoms with E-state index in [1.165, 1.54) is 0 Å². The number of amides is 2. The fraction of sp³-hybridized carbons (Fsp3) is 0.857. The second-order valence-electron chi connectivity index (χ2n) is 6.25. The number of hydrogen-bond acceptors (Lipinski definition) is 2. The molecule has 0 spiro atoms. The maximum atomic E-state index is 12.4. The number of carbonyl (C=O) groups is 2. The molecule has 1 unspecified atom stereocenters. The first-order valence-electron chi connectivity index (χ1n) is 7.03. The van der Waals surface area contributed by atoms with Crippen LogP contribution in [0.2, 0.25) is 0 Å². The van der Waals surface area contributed by atoms with Crippen LogP contribution >= 0.6 is 0 Å². The zero-order valence-corrected chi connectivity index (χ0v) is 12.5. The van der Waals surface area contributed by atoms with Crippen LogP contribution in [0.1, 0.15) is 40.5 Å². The predicted octanol–water partition coefficient (Wildman–Crippen LogP) is 2.27. The van der Waals surface area contributed by atoms with Gasteiger partial charge in [0.15, 0.2) is 0 Å². The Morgan fingerprint density at radius 3 is 2.53 bits per heavy atom. The average molecular weight is 270 g/mol. The molecule has 2 amide bonds. The normalized spacial score (nSPS) is 19.9. The molecule has 1 rings (SSSR count). The van der Waals surface area contributed by atoms with Crippen LogP contribution < -0.4 is 0 Å². The highest BCUT2D eigenvalue weighted by Crippen LogP contribution is 2.28. The van der Waals surface area contributed by atoms with Crippen molar-refractivity contribution in [1.82, 2.24) is 9.80 Å². The van der Waals surface area contributed by atoms with Crippen LogP contribution in [0, 0.1) is 11.3 Å². The zero-order valence-electron chi connectivity index (χ0n) is 12.5. The van der Waals surface area contributed by atoms with Crippen molar-refractivity contribution in [2.45, 2.75) is 40.5 Å². The molecular formula is C14H26N2O3. The lowest BCUT2D eigenvalue weighted by Gasteiger charge is -2.40. The first kappa shape index (κ1) is 15.8. The smallest absolute Gasteiger partial charge is 0.320 e. The molecule has 0 aliphatic carbocycles. The quantitative estimate of drug-likeness (QED) is 0.852. The van der Waals surface area contributed by atoms with Gasteiger partial charge in [0.2, 0.25) is 0 Å². The first-order chi connectivity index (χ1) is 8.76. The van der Waals surface area contributed by atoms with E-state index < -0.39 is 11.9 Å². The number of aliphatic carboxylic acids is 1. The number of likely N-dealkylation sites (tertiary alicyclic amines) is 1. The number of urea groups is 1. The summed E-state index contributed by atoms with van der Waals surface area (Å²) in [5.74, 6) is -1.38. The maximum Gasteiger partial charge on any atom is 0.320 e. The molecule has 0 bridgehead atoms. The molecule has 0 radical (unpaired) electrons. The third kappa shape index (κ3) is 4.40. The third-order valence-corrected chi connectivity index (χ3v) is 3.74. The van der Waals surface area contributed by atoms with E-state index in [0.717, 1.165) is 25.9 Å². The van der Waals surface area contributed by atoms with Crippen molar-refractivity contribution in [1.29, 1.82) is 0 Å². The Hall–Kier alpha value is -1.26. The fourth-order valence-electron chi connectivity index (χ4n) is 2.54. The molecule has 0 aromatic rings. The zero-order chi connectivity index (χ0) is 14.6. The van der Waals surface area contributed by atoms with Gasteiger partial charge in [-0.15, -0.1) is 0 Å². The SMILES string of the molecule is CCN(CC(C)C(=O)O)C(=O)N1CCCC(C)(C)C1. The minimum Gasteiger partial charge on any atom is -0.481 e. The molecule has 1 fully saturated rings. The molecule has 1 saturated heterocycles. The first-order valence-corrected chi connectivity index (χ1v) is 7.03. The summed E-state index contributed by atoms with van der Waals surface area (Å²) in [6.45, 7) is 10.2. The van der Waals surface area contributed by atoms with Gasteiger partial charge in [0.25, 0.3) is 0 Å². The summed E-state index contributed by atoms with van der Waals surface area (Å²) >= 11 is 0. The van der Waals surface area contributed by atoms with Crippen LogP contribution in [0.4, 0.5) is 4.79 Å². The number of hydrogen-bond donors (Lipinski definition) is 1. The summed E-state index contributed by atoms with van der Waals surface area (Å²) in [6.07, 6.45) is 2.15. The van der Waals surface area contributed by atoms with E-state index >= 15 is 0 Å². The van der Waals surface area contributed by atoms with Crippen LogP contribution in [-0.4, -0.2) is 53.1 Å². The van der Waals surface area contributed by atoms with Crippen molar-refractivity contribution < 1.29 is 14.7 Å². The minimum atomic E-state index is -0.856. The van der Waals surface area contributed by atoms with Gasteiger partial charge in [0, 0.05) is 26.2 Å². The Bertz CT molecular complexity index is 342. The van der Waals surface area contributed by atoms with Crippen LogP contribution in [0.3, 0.4) is 0 Å². The molecule has 0 aromatic heterocycles. The van der Waals surface area contributed by atoms with Crippen LogP contribution in [0.15, 0.2) is 0 Å². The van der Waals surface area contributed by atoms with E-state index in [9.17, 15) is 9.59 Å². The summed E-state index contributed by atoms with van der Waals surface area (Å²) < 4.78 is 0. The molecule has 110 valence electrons. The molecule has 1 N–H and O–H groups in total. The standard InChI is InChI=1S/C14H26N2O3/c1-5-15(9-11(2)12(17)18)13(19)16-8-6-7-14(3,4)10-16/h11H,5-10H2,1-4H3,(H,17,18). The molecule has 5 nitrogen and oxygen atoms in total. The van der Waals surface area contributed by atoms with Crippen molar-refractivity contribution in [2.75, 3.05) is 26.2 Å². The highest BCUT2D eigenvalue weighted by atomic mass is 16.4. The Labute approximate surface area is 115 Å². The van der Waals surface area contributed by atoms with Crippen LogP contribution in [-0.2, 0) is 4.79 Å². The molecular weight excluding hydrogens is 244 g/mol. The lowest BCUT2D eigenvalue weighted by Crippen LogP contribution is -2.50. The van der Waals surface area contributed by atoms with Crippen molar-refractivity contribution in [3.8, 4) is 0 Å². The fourth-order valence-corrected chi connectivity index (χ4v) is 2.54. The van der Waals surface area contributed by atoms with Crippen molar-refractivity contribution in [3.63, 3.8) is 0 Å². The van der Waals surface area contributed by atoms with Gasteiger partial charge in [-0.25, -0.2) is 4.79 Å². The number of piperidine rings is 1. The van der Waals surface area contributed by atoms with E-state index in [4.69, 9.17) is 5.11 Å². The van der Waals surface area contributed by atoms with Crippen molar-refractivity contribution in [3.05, 3.63) is 0 Å². The summed E-state index contributed by atoms with van der Waals surface area (Å²) in [7, 11) is 0. The average Bonchev–Trinajstić information content (AvgIpc) is 2.33. The summed E-state index contributed by atoms with van der Waals surface area (Å²) in [5.41, 5.74) is 0.158. The molecule has 5 heteroatoms. The van der Waals surface area contributed by atoms with Crippen molar-refractivity contribution in [2.24, 2.45) is 11.3 Å². The molecule has 1 heterocycles. The summed E-state index contributed by atoms with van der Waals surface area (Å²) in [5, 5.41) is 8.95. The number of carboxylic acid groups (broad SMARTS) is 1. The van der Waals surface area contributed by atoms with Gasteiger partial charge < -0.3 is 14.9 Å². The van der Waals surface area contributed by atoms with Gasteiger partial charge in [-0.05, 0) is 25.2 Å². The maximum absolute atomic E-state index is 12.4. The molecule has 0 aromatic carbocycles. The van der Waals surface area contributed by atoms with E-state index in [1.807, 2.05) is 11.8 Å². The second-order valence-corrected chi connectivity index (χ2v) is 6.25. The third-order valence-electron chi connectivity index (χ3n) is 3.74. The van der Waals surface area contributed by atoms with Gasteiger partial charge >= 0.3 is 12.0 Å². The number of rotatable bonds is 4. The molecule has 19 heavy (non-hydrogen) atoms. The number of carbonyl (C=O) groups excluding carboxylic acids is 1. The number of carboxylic acids is 1. The van der Waals surface area contributed by atoms with Gasteiger partial charge in [0.1, 0.15) is 0 Å².